The first-order valence-electron chi connectivity index (χ1n) is 7.97. The quantitative estimate of drug-likeness (QED) is 0.676. The number of carbonyl (C=O) groups excluding carboxylic acids is 1. The number of rotatable bonds is 8. The van der Waals surface area contributed by atoms with Gasteiger partial charge in [0.2, 0.25) is 0 Å². The number of anilines is 1. The molecule has 3 N–H and O–H groups in total. The van der Waals surface area contributed by atoms with Crippen LogP contribution in [0, 0.1) is 0 Å². The maximum Gasteiger partial charge on any atom is 0.319 e. The molecular formula is C17H29N3O. The molecule has 21 heavy (non-hydrogen) atoms. The lowest BCUT2D eigenvalue weighted by molar-refractivity contribution is 0.248. The zero-order chi connectivity index (χ0) is 15.7. The number of hydrogen-bond donors (Lipinski definition) is 3. The summed E-state index contributed by atoms with van der Waals surface area (Å²) in [4.78, 5) is 11.9. The van der Waals surface area contributed by atoms with Crippen LogP contribution in [0.5, 0.6) is 0 Å². The average Bonchev–Trinajstić information content (AvgIpc) is 2.46. The van der Waals surface area contributed by atoms with Crippen molar-refractivity contribution in [1.82, 2.24) is 10.6 Å². The number of amides is 2. The highest BCUT2D eigenvalue weighted by molar-refractivity contribution is 5.89. The maximum absolute atomic E-state index is 11.9. The zero-order valence-corrected chi connectivity index (χ0v) is 13.7. The van der Waals surface area contributed by atoms with Crippen molar-refractivity contribution < 1.29 is 4.79 Å². The van der Waals surface area contributed by atoms with E-state index in [1.54, 1.807) is 0 Å². The van der Waals surface area contributed by atoms with Gasteiger partial charge in [-0.2, -0.15) is 0 Å². The summed E-state index contributed by atoms with van der Waals surface area (Å²) < 4.78 is 0. The Labute approximate surface area is 128 Å². The first kappa shape index (κ1) is 17.5. The van der Waals surface area contributed by atoms with Crippen molar-refractivity contribution in [3.05, 3.63) is 29.8 Å². The molecule has 0 heterocycles. The highest BCUT2D eigenvalue weighted by Crippen LogP contribution is 2.15. The van der Waals surface area contributed by atoms with Gasteiger partial charge in [-0.15, -0.1) is 0 Å². The molecule has 4 nitrogen and oxygen atoms in total. The van der Waals surface area contributed by atoms with Crippen LogP contribution < -0.4 is 16.0 Å². The van der Waals surface area contributed by atoms with Crippen molar-refractivity contribution in [2.45, 2.75) is 59.0 Å². The fourth-order valence-electron chi connectivity index (χ4n) is 2.25. The molecule has 1 aromatic rings. The van der Waals surface area contributed by atoms with Gasteiger partial charge in [0, 0.05) is 17.8 Å². The third-order valence-electron chi connectivity index (χ3n) is 3.55. The van der Waals surface area contributed by atoms with Gasteiger partial charge in [0.25, 0.3) is 0 Å². The zero-order valence-electron chi connectivity index (χ0n) is 13.7. The molecule has 0 saturated carbocycles. The molecule has 0 aromatic heterocycles. The molecule has 0 aliphatic rings. The Morgan fingerprint density at radius 1 is 1.14 bits per heavy atom. The molecule has 2 amide bonds. The normalized spacial score (nSPS) is 13.5. The van der Waals surface area contributed by atoms with Crippen LogP contribution in [0.15, 0.2) is 24.3 Å². The Morgan fingerprint density at radius 2 is 1.81 bits per heavy atom. The minimum Gasteiger partial charge on any atom is -0.335 e. The van der Waals surface area contributed by atoms with E-state index in [-0.39, 0.29) is 12.1 Å². The molecule has 0 aliphatic carbocycles. The molecule has 1 rings (SSSR count). The topological polar surface area (TPSA) is 53.2 Å². The summed E-state index contributed by atoms with van der Waals surface area (Å²) in [5.74, 6) is 0. The second kappa shape index (κ2) is 9.40. The molecule has 0 aliphatic heterocycles. The Hall–Kier alpha value is -1.55. The van der Waals surface area contributed by atoms with Crippen LogP contribution in [0.2, 0.25) is 0 Å². The van der Waals surface area contributed by atoms with E-state index in [2.05, 4.69) is 36.7 Å². The van der Waals surface area contributed by atoms with E-state index >= 15 is 0 Å². The summed E-state index contributed by atoms with van der Waals surface area (Å²) in [5.41, 5.74) is 2.04. The second-order valence-corrected chi connectivity index (χ2v) is 5.54. The van der Waals surface area contributed by atoms with Crippen LogP contribution in [0.1, 0.15) is 58.6 Å². The smallest absolute Gasteiger partial charge is 0.319 e. The predicted molar refractivity (Wildman–Crippen MR) is 89.7 cm³/mol. The van der Waals surface area contributed by atoms with Gasteiger partial charge in [-0.1, -0.05) is 38.8 Å². The monoisotopic (exact) mass is 291 g/mol. The van der Waals surface area contributed by atoms with Crippen LogP contribution in [-0.2, 0) is 0 Å². The van der Waals surface area contributed by atoms with E-state index in [9.17, 15) is 4.79 Å². The lowest BCUT2D eigenvalue weighted by atomic mass is 10.1. The summed E-state index contributed by atoms with van der Waals surface area (Å²) in [6.07, 6.45) is 3.31. The minimum atomic E-state index is -0.133. The SMILES string of the molecule is CCCCC(C)NC(=O)Nc1ccc(C(C)NCC)cc1. The molecule has 0 fully saturated rings. The van der Waals surface area contributed by atoms with Crippen molar-refractivity contribution in [3.8, 4) is 0 Å². The summed E-state index contributed by atoms with van der Waals surface area (Å²) in [5, 5.41) is 9.20. The van der Waals surface area contributed by atoms with Crippen molar-refractivity contribution in [1.29, 1.82) is 0 Å². The van der Waals surface area contributed by atoms with Crippen molar-refractivity contribution in [2.24, 2.45) is 0 Å². The highest BCUT2D eigenvalue weighted by Gasteiger charge is 2.08. The van der Waals surface area contributed by atoms with Gasteiger partial charge >= 0.3 is 6.03 Å². The molecule has 0 radical (unpaired) electrons. The first-order valence-corrected chi connectivity index (χ1v) is 7.97. The fourth-order valence-corrected chi connectivity index (χ4v) is 2.25. The summed E-state index contributed by atoms with van der Waals surface area (Å²) in [6.45, 7) is 9.36. The van der Waals surface area contributed by atoms with Crippen molar-refractivity contribution >= 4 is 11.7 Å². The fraction of sp³-hybridized carbons (Fsp3) is 0.588. The van der Waals surface area contributed by atoms with Gasteiger partial charge in [0.15, 0.2) is 0 Å². The van der Waals surface area contributed by atoms with Crippen LogP contribution in [0.4, 0.5) is 10.5 Å². The Kier molecular flexibility index (Phi) is 7.83. The van der Waals surface area contributed by atoms with E-state index in [1.807, 2.05) is 31.2 Å². The maximum atomic E-state index is 11.9. The van der Waals surface area contributed by atoms with Crippen molar-refractivity contribution in [2.75, 3.05) is 11.9 Å². The Morgan fingerprint density at radius 3 is 2.38 bits per heavy atom. The Bertz CT molecular complexity index is 417. The Balaban J connectivity index is 2.46. The summed E-state index contributed by atoms with van der Waals surface area (Å²) in [6, 6.07) is 8.38. The lowest BCUT2D eigenvalue weighted by Gasteiger charge is -2.15. The number of unbranched alkanes of at least 4 members (excludes halogenated alkanes) is 1. The van der Waals surface area contributed by atoms with E-state index in [4.69, 9.17) is 0 Å². The van der Waals surface area contributed by atoms with Gasteiger partial charge in [-0.25, -0.2) is 4.79 Å². The van der Waals surface area contributed by atoms with Crippen LogP contribution >= 0.6 is 0 Å². The number of carbonyl (C=O) groups is 1. The van der Waals surface area contributed by atoms with Crippen LogP contribution in [0.25, 0.3) is 0 Å². The molecule has 2 atom stereocenters. The first-order chi connectivity index (χ1) is 10.1. The molecule has 0 saturated heterocycles. The van der Waals surface area contributed by atoms with Crippen LogP contribution in [-0.4, -0.2) is 18.6 Å². The summed E-state index contributed by atoms with van der Waals surface area (Å²) >= 11 is 0. The van der Waals surface area contributed by atoms with Gasteiger partial charge in [-0.05, 0) is 44.5 Å². The number of hydrogen-bond acceptors (Lipinski definition) is 2. The molecule has 0 bridgehead atoms. The van der Waals surface area contributed by atoms with E-state index in [0.717, 1.165) is 31.5 Å². The third-order valence-corrected chi connectivity index (χ3v) is 3.55. The summed E-state index contributed by atoms with van der Waals surface area (Å²) in [7, 11) is 0. The van der Waals surface area contributed by atoms with Gasteiger partial charge < -0.3 is 16.0 Å². The van der Waals surface area contributed by atoms with Gasteiger partial charge in [0.05, 0.1) is 0 Å². The van der Waals surface area contributed by atoms with Gasteiger partial charge in [0.1, 0.15) is 0 Å². The number of urea groups is 1. The number of nitrogens with one attached hydrogen (secondary N) is 3. The third kappa shape index (κ3) is 6.63. The second-order valence-electron chi connectivity index (χ2n) is 5.54. The average molecular weight is 291 g/mol. The number of benzene rings is 1. The van der Waals surface area contributed by atoms with Gasteiger partial charge in [-0.3, -0.25) is 0 Å². The highest BCUT2D eigenvalue weighted by atomic mass is 16.2. The molecular weight excluding hydrogens is 262 g/mol. The van der Waals surface area contributed by atoms with E-state index in [0.29, 0.717) is 6.04 Å². The standard InChI is InChI=1S/C17H29N3O/c1-5-7-8-13(3)19-17(21)20-16-11-9-15(10-12-16)14(4)18-6-2/h9-14,18H,5-8H2,1-4H3,(H2,19,20,21). The predicted octanol–water partition coefficient (Wildman–Crippen LogP) is 4.06. The molecule has 118 valence electrons. The lowest BCUT2D eigenvalue weighted by Crippen LogP contribution is -2.36. The van der Waals surface area contributed by atoms with Crippen LogP contribution in [0.3, 0.4) is 0 Å². The largest absolute Gasteiger partial charge is 0.335 e. The van der Waals surface area contributed by atoms with E-state index < -0.39 is 0 Å². The van der Waals surface area contributed by atoms with Crippen molar-refractivity contribution in [3.63, 3.8) is 0 Å². The van der Waals surface area contributed by atoms with E-state index in [1.165, 1.54) is 5.56 Å². The molecule has 2 unspecified atom stereocenters. The molecule has 0 spiro atoms. The minimum absolute atomic E-state index is 0.133. The molecule has 1 aromatic carbocycles. The molecule has 4 heteroatoms.